The van der Waals surface area contributed by atoms with Crippen LogP contribution in [0.15, 0.2) is 0 Å². The van der Waals surface area contributed by atoms with Crippen LogP contribution >= 0.6 is 0 Å². The first-order chi connectivity index (χ1) is 8.28. The van der Waals surface area contributed by atoms with Crippen molar-refractivity contribution >= 4 is 0 Å². The maximum Gasteiger partial charge on any atom is 0.0703 e. The van der Waals surface area contributed by atoms with Gasteiger partial charge in [-0.3, -0.25) is 0 Å². The predicted octanol–water partition coefficient (Wildman–Crippen LogP) is 2.02. The van der Waals surface area contributed by atoms with Crippen LogP contribution in [0.4, 0.5) is 0 Å². The van der Waals surface area contributed by atoms with Gasteiger partial charge in [0.05, 0.1) is 12.2 Å². The zero-order valence-corrected chi connectivity index (χ0v) is 11.5. The first kappa shape index (κ1) is 13.3. The average Bonchev–Trinajstić information content (AvgIpc) is 3.13. The Hall–Kier alpha value is -0.120. The summed E-state index contributed by atoms with van der Waals surface area (Å²) in [6, 6.07) is 0.801. The maximum absolute atomic E-state index is 6.27. The molecular weight excluding hydrogens is 212 g/mol. The van der Waals surface area contributed by atoms with Crippen LogP contribution in [0.2, 0.25) is 0 Å². The number of hydrogen-bond donors (Lipinski definition) is 1. The van der Waals surface area contributed by atoms with E-state index in [1.807, 2.05) is 0 Å². The number of nitrogens with zero attached hydrogens (tertiary/aromatic N) is 1. The van der Waals surface area contributed by atoms with E-state index in [-0.39, 0.29) is 0 Å². The van der Waals surface area contributed by atoms with Gasteiger partial charge in [0.25, 0.3) is 0 Å². The van der Waals surface area contributed by atoms with Gasteiger partial charge in [-0.1, -0.05) is 13.3 Å². The molecule has 0 bridgehead atoms. The van der Waals surface area contributed by atoms with Crippen molar-refractivity contribution in [2.24, 2.45) is 0 Å². The summed E-state index contributed by atoms with van der Waals surface area (Å²) in [5.41, 5.74) is 0. The lowest BCUT2D eigenvalue weighted by Gasteiger charge is -2.32. The van der Waals surface area contributed by atoms with Crippen LogP contribution in [0.1, 0.15) is 45.4 Å². The molecule has 0 aromatic rings. The van der Waals surface area contributed by atoms with Crippen LogP contribution in [0.3, 0.4) is 0 Å². The van der Waals surface area contributed by atoms with Gasteiger partial charge in [0.2, 0.25) is 0 Å². The van der Waals surface area contributed by atoms with Gasteiger partial charge in [0, 0.05) is 25.7 Å². The maximum atomic E-state index is 6.27. The largest absolute Gasteiger partial charge is 0.374 e. The Morgan fingerprint density at radius 2 is 1.94 bits per heavy atom. The molecule has 1 atom stereocenters. The van der Waals surface area contributed by atoms with E-state index in [2.05, 4.69) is 24.2 Å². The monoisotopic (exact) mass is 240 g/mol. The quantitative estimate of drug-likeness (QED) is 0.737. The molecule has 1 aliphatic heterocycles. The van der Waals surface area contributed by atoms with Crippen molar-refractivity contribution < 1.29 is 4.74 Å². The van der Waals surface area contributed by atoms with Crippen LogP contribution in [0.5, 0.6) is 0 Å². The van der Waals surface area contributed by atoms with E-state index in [0.717, 1.165) is 12.6 Å². The zero-order valence-electron chi connectivity index (χ0n) is 11.5. The third kappa shape index (κ3) is 4.94. The first-order valence-electron chi connectivity index (χ1n) is 7.35. The number of nitrogens with one attached hydrogen (secondary N) is 1. The van der Waals surface area contributed by atoms with Crippen LogP contribution in [0.25, 0.3) is 0 Å². The molecule has 0 aromatic carbocycles. The highest BCUT2D eigenvalue weighted by Gasteiger charge is 2.24. The second kappa shape index (κ2) is 6.72. The summed E-state index contributed by atoms with van der Waals surface area (Å²) in [5, 5.41) is 3.60. The highest BCUT2D eigenvalue weighted by atomic mass is 16.5. The van der Waals surface area contributed by atoms with Gasteiger partial charge < -0.3 is 15.0 Å². The van der Waals surface area contributed by atoms with Crippen molar-refractivity contribution in [3.63, 3.8) is 0 Å². The molecule has 2 aliphatic rings. The molecule has 1 aliphatic carbocycles. The summed E-state index contributed by atoms with van der Waals surface area (Å²) in [4.78, 5) is 2.40. The molecule has 1 N–H and O–H groups in total. The standard InChI is InChI=1S/C14H28N2O/c1-3-4-14(11-15-12-5-6-12)17-13-7-9-16(2)10-8-13/h12-15H,3-11H2,1-2H3. The molecule has 3 nitrogen and oxygen atoms in total. The molecular formula is C14H28N2O. The summed E-state index contributed by atoms with van der Waals surface area (Å²) in [7, 11) is 2.20. The molecule has 1 heterocycles. The van der Waals surface area contributed by atoms with Crippen molar-refractivity contribution in [1.82, 2.24) is 10.2 Å². The van der Waals surface area contributed by atoms with Gasteiger partial charge in [-0.25, -0.2) is 0 Å². The molecule has 2 fully saturated rings. The Balaban J connectivity index is 1.67. The first-order valence-corrected chi connectivity index (χ1v) is 7.35. The fraction of sp³-hybridized carbons (Fsp3) is 1.00. The topological polar surface area (TPSA) is 24.5 Å². The van der Waals surface area contributed by atoms with E-state index in [4.69, 9.17) is 4.74 Å². The lowest BCUT2D eigenvalue weighted by atomic mass is 10.1. The molecule has 17 heavy (non-hydrogen) atoms. The Bertz CT molecular complexity index is 210. The van der Waals surface area contributed by atoms with Gasteiger partial charge in [0.1, 0.15) is 0 Å². The van der Waals surface area contributed by atoms with Crippen LogP contribution in [-0.4, -0.2) is 49.8 Å². The third-order valence-electron chi connectivity index (χ3n) is 3.87. The Labute approximate surface area is 106 Å². The number of rotatable bonds is 7. The third-order valence-corrected chi connectivity index (χ3v) is 3.87. The van der Waals surface area contributed by atoms with E-state index in [0.29, 0.717) is 12.2 Å². The van der Waals surface area contributed by atoms with Crippen LogP contribution < -0.4 is 5.32 Å². The number of ether oxygens (including phenoxy) is 1. The van der Waals surface area contributed by atoms with Crippen LogP contribution in [0, 0.1) is 0 Å². The molecule has 3 heteroatoms. The minimum absolute atomic E-state index is 0.439. The fourth-order valence-corrected chi connectivity index (χ4v) is 2.52. The summed E-state index contributed by atoms with van der Waals surface area (Å²) < 4.78 is 6.27. The van der Waals surface area contributed by atoms with Gasteiger partial charge in [0.15, 0.2) is 0 Å². The molecule has 1 saturated carbocycles. The van der Waals surface area contributed by atoms with E-state index in [1.165, 1.54) is 51.6 Å². The minimum Gasteiger partial charge on any atom is -0.374 e. The van der Waals surface area contributed by atoms with E-state index in [9.17, 15) is 0 Å². The summed E-state index contributed by atoms with van der Waals surface area (Å²) in [5.74, 6) is 0. The molecule has 2 rings (SSSR count). The van der Waals surface area contributed by atoms with E-state index in [1.54, 1.807) is 0 Å². The van der Waals surface area contributed by atoms with Gasteiger partial charge >= 0.3 is 0 Å². The van der Waals surface area contributed by atoms with Crippen molar-refractivity contribution in [3.05, 3.63) is 0 Å². The molecule has 1 saturated heterocycles. The molecule has 0 radical (unpaired) electrons. The van der Waals surface area contributed by atoms with Crippen molar-refractivity contribution in [2.75, 3.05) is 26.7 Å². The number of hydrogen-bond acceptors (Lipinski definition) is 3. The Kier molecular flexibility index (Phi) is 5.26. The minimum atomic E-state index is 0.439. The SMILES string of the molecule is CCCC(CNC1CC1)OC1CCN(C)CC1. The Morgan fingerprint density at radius 1 is 1.24 bits per heavy atom. The highest BCUT2D eigenvalue weighted by molar-refractivity contribution is 4.82. The number of likely N-dealkylation sites (tertiary alicyclic amines) is 1. The van der Waals surface area contributed by atoms with Crippen molar-refractivity contribution in [1.29, 1.82) is 0 Å². The van der Waals surface area contributed by atoms with E-state index < -0.39 is 0 Å². The zero-order chi connectivity index (χ0) is 12.1. The summed E-state index contributed by atoms with van der Waals surface area (Å²) >= 11 is 0. The highest BCUT2D eigenvalue weighted by Crippen LogP contribution is 2.20. The molecule has 1 unspecified atom stereocenters. The van der Waals surface area contributed by atoms with Crippen LogP contribution in [-0.2, 0) is 4.74 Å². The summed E-state index contributed by atoms with van der Waals surface area (Å²) in [6.07, 6.45) is 8.52. The fourth-order valence-electron chi connectivity index (χ4n) is 2.52. The lowest BCUT2D eigenvalue weighted by molar-refractivity contribution is -0.0420. The Morgan fingerprint density at radius 3 is 2.53 bits per heavy atom. The molecule has 0 amide bonds. The lowest BCUT2D eigenvalue weighted by Crippen LogP contribution is -2.39. The number of piperidine rings is 1. The van der Waals surface area contributed by atoms with Crippen molar-refractivity contribution in [3.8, 4) is 0 Å². The second-order valence-corrected chi connectivity index (χ2v) is 5.73. The van der Waals surface area contributed by atoms with Gasteiger partial charge in [-0.05, 0) is 39.2 Å². The predicted molar refractivity (Wildman–Crippen MR) is 71.3 cm³/mol. The van der Waals surface area contributed by atoms with Gasteiger partial charge in [-0.2, -0.15) is 0 Å². The second-order valence-electron chi connectivity index (χ2n) is 5.73. The molecule has 0 spiro atoms. The van der Waals surface area contributed by atoms with Gasteiger partial charge in [-0.15, -0.1) is 0 Å². The molecule has 100 valence electrons. The smallest absolute Gasteiger partial charge is 0.0703 e. The van der Waals surface area contributed by atoms with Crippen molar-refractivity contribution in [2.45, 2.75) is 63.7 Å². The normalized spacial score (nSPS) is 25.1. The summed E-state index contributed by atoms with van der Waals surface area (Å²) in [6.45, 7) is 5.70. The molecule has 0 aromatic heterocycles. The average molecular weight is 240 g/mol. The van der Waals surface area contributed by atoms with E-state index >= 15 is 0 Å².